The summed E-state index contributed by atoms with van der Waals surface area (Å²) < 4.78 is 4.41. The lowest BCUT2D eigenvalue weighted by atomic mass is 9.98. The molecule has 100 valence electrons. The van der Waals surface area contributed by atoms with Gasteiger partial charge in [-0.1, -0.05) is 24.3 Å². The van der Waals surface area contributed by atoms with Crippen LogP contribution in [-0.2, 0) is 7.05 Å². The van der Waals surface area contributed by atoms with Crippen molar-refractivity contribution >= 4 is 38.2 Å². The van der Waals surface area contributed by atoms with E-state index < -0.39 is 0 Å². The van der Waals surface area contributed by atoms with Gasteiger partial charge in [-0.3, -0.25) is 0 Å². The Kier molecular flexibility index (Phi) is 1.84. The van der Waals surface area contributed by atoms with Crippen molar-refractivity contribution in [1.29, 1.82) is 0 Å². The zero-order valence-electron chi connectivity index (χ0n) is 12.0. The third kappa shape index (κ3) is 1.20. The molecule has 0 N–H and O–H groups in total. The molecule has 0 spiro atoms. The molecule has 5 aromatic rings. The van der Waals surface area contributed by atoms with Gasteiger partial charge in [-0.05, 0) is 28.9 Å². The SMILES string of the molecule is Cc1ccc2cccc3c2c1c1c2c(ccn32)nc[n+]1C. The van der Waals surface area contributed by atoms with Gasteiger partial charge in [0.2, 0.25) is 5.52 Å². The molecule has 0 radical (unpaired) electrons. The van der Waals surface area contributed by atoms with Gasteiger partial charge in [-0.25, -0.2) is 4.57 Å². The first-order valence-corrected chi connectivity index (χ1v) is 7.14. The van der Waals surface area contributed by atoms with E-state index in [1.165, 1.54) is 38.3 Å². The monoisotopic (exact) mass is 272 g/mol. The van der Waals surface area contributed by atoms with E-state index in [9.17, 15) is 0 Å². The highest BCUT2D eigenvalue weighted by molar-refractivity contribution is 6.20. The van der Waals surface area contributed by atoms with Crippen LogP contribution in [0.5, 0.6) is 0 Å². The molecule has 0 fully saturated rings. The highest BCUT2D eigenvalue weighted by Crippen LogP contribution is 2.35. The largest absolute Gasteiger partial charge is 0.309 e. The van der Waals surface area contributed by atoms with E-state index in [2.05, 4.69) is 70.5 Å². The van der Waals surface area contributed by atoms with Crippen molar-refractivity contribution in [3.05, 3.63) is 54.5 Å². The number of fused-ring (bicyclic) bond motifs is 2. The summed E-state index contributed by atoms with van der Waals surface area (Å²) >= 11 is 0. The molecular weight excluding hydrogens is 258 g/mol. The lowest BCUT2D eigenvalue weighted by molar-refractivity contribution is -0.647. The maximum Gasteiger partial charge on any atom is 0.287 e. The molecule has 0 amide bonds. The maximum absolute atomic E-state index is 4.55. The van der Waals surface area contributed by atoms with Crippen LogP contribution in [0.3, 0.4) is 0 Å². The Bertz CT molecular complexity index is 1150. The molecule has 0 aliphatic heterocycles. The molecule has 0 unspecified atom stereocenters. The van der Waals surface area contributed by atoms with Gasteiger partial charge in [0.1, 0.15) is 5.52 Å². The van der Waals surface area contributed by atoms with Gasteiger partial charge in [0, 0.05) is 23.0 Å². The molecule has 0 saturated carbocycles. The van der Waals surface area contributed by atoms with Gasteiger partial charge in [0.05, 0.1) is 12.6 Å². The molecular formula is C18H14N3+. The van der Waals surface area contributed by atoms with E-state index >= 15 is 0 Å². The van der Waals surface area contributed by atoms with Crippen molar-refractivity contribution in [2.45, 2.75) is 6.92 Å². The van der Waals surface area contributed by atoms with Gasteiger partial charge in [-0.2, -0.15) is 0 Å². The Balaban J connectivity index is 2.34. The van der Waals surface area contributed by atoms with Crippen LogP contribution in [0.2, 0.25) is 0 Å². The number of hydrogen-bond donors (Lipinski definition) is 0. The van der Waals surface area contributed by atoms with Crippen molar-refractivity contribution < 1.29 is 4.57 Å². The van der Waals surface area contributed by atoms with Crippen molar-refractivity contribution in [3.8, 4) is 0 Å². The molecule has 3 heteroatoms. The molecule has 21 heavy (non-hydrogen) atoms. The summed E-state index contributed by atoms with van der Waals surface area (Å²) in [5.41, 5.74) is 6.07. The Labute approximate surface area is 121 Å². The fourth-order valence-electron chi connectivity index (χ4n) is 3.60. The van der Waals surface area contributed by atoms with Crippen molar-refractivity contribution in [2.24, 2.45) is 7.05 Å². The Morgan fingerprint density at radius 3 is 2.86 bits per heavy atom. The van der Waals surface area contributed by atoms with E-state index in [0.29, 0.717) is 0 Å². The molecule has 0 aliphatic carbocycles. The molecule has 0 saturated heterocycles. The Morgan fingerprint density at radius 1 is 1.05 bits per heavy atom. The van der Waals surface area contributed by atoms with Crippen LogP contribution in [0.15, 0.2) is 48.9 Å². The zero-order chi connectivity index (χ0) is 14.1. The smallest absolute Gasteiger partial charge is 0.287 e. The van der Waals surface area contributed by atoms with Crippen LogP contribution < -0.4 is 4.57 Å². The summed E-state index contributed by atoms with van der Waals surface area (Å²) in [7, 11) is 2.07. The number of hydrogen-bond acceptors (Lipinski definition) is 1. The number of aromatic nitrogens is 3. The van der Waals surface area contributed by atoms with Gasteiger partial charge in [-0.15, -0.1) is 0 Å². The summed E-state index contributed by atoms with van der Waals surface area (Å²) in [6, 6.07) is 13.0. The van der Waals surface area contributed by atoms with Gasteiger partial charge in [0.25, 0.3) is 6.33 Å². The van der Waals surface area contributed by atoms with Crippen LogP contribution in [0.1, 0.15) is 5.56 Å². The summed E-state index contributed by atoms with van der Waals surface area (Å²) in [5, 5.41) is 3.96. The first-order valence-electron chi connectivity index (χ1n) is 7.14. The van der Waals surface area contributed by atoms with E-state index in [0.717, 1.165) is 5.52 Å². The third-order valence-electron chi connectivity index (χ3n) is 4.54. The summed E-state index contributed by atoms with van der Waals surface area (Å²) in [4.78, 5) is 4.55. The van der Waals surface area contributed by atoms with Crippen LogP contribution in [-0.4, -0.2) is 9.38 Å². The molecule has 0 atom stereocenters. The van der Waals surface area contributed by atoms with Crippen molar-refractivity contribution in [1.82, 2.24) is 9.38 Å². The first kappa shape index (κ1) is 11.0. The topological polar surface area (TPSA) is 21.2 Å². The van der Waals surface area contributed by atoms with Crippen LogP contribution in [0, 0.1) is 6.92 Å². The molecule has 0 bridgehead atoms. The Morgan fingerprint density at radius 2 is 1.95 bits per heavy atom. The predicted octanol–water partition coefficient (Wildman–Crippen LogP) is 3.36. The van der Waals surface area contributed by atoms with E-state index in [-0.39, 0.29) is 0 Å². The lowest BCUT2D eigenvalue weighted by Crippen LogP contribution is -2.30. The van der Waals surface area contributed by atoms with E-state index in [4.69, 9.17) is 0 Å². The minimum Gasteiger partial charge on any atom is -0.309 e. The maximum atomic E-state index is 4.55. The van der Waals surface area contributed by atoms with Crippen LogP contribution in [0.4, 0.5) is 0 Å². The summed E-state index contributed by atoms with van der Waals surface area (Å²) in [5.74, 6) is 0. The van der Waals surface area contributed by atoms with Gasteiger partial charge in [0.15, 0.2) is 5.52 Å². The molecule has 3 nitrogen and oxygen atoms in total. The van der Waals surface area contributed by atoms with Crippen LogP contribution >= 0.6 is 0 Å². The summed E-state index contributed by atoms with van der Waals surface area (Å²) in [6.45, 7) is 2.19. The van der Waals surface area contributed by atoms with Crippen molar-refractivity contribution in [2.75, 3.05) is 0 Å². The predicted molar refractivity (Wildman–Crippen MR) is 84.8 cm³/mol. The average molecular weight is 272 g/mol. The molecule has 3 heterocycles. The second-order valence-electron chi connectivity index (χ2n) is 5.76. The second kappa shape index (κ2) is 3.50. The van der Waals surface area contributed by atoms with E-state index in [1.54, 1.807) is 0 Å². The quantitative estimate of drug-likeness (QED) is 0.240. The number of aryl methyl sites for hydroxylation is 2. The first-order chi connectivity index (χ1) is 10.3. The molecule has 3 aromatic heterocycles. The molecule has 0 aliphatic rings. The highest BCUT2D eigenvalue weighted by Gasteiger charge is 2.20. The van der Waals surface area contributed by atoms with Gasteiger partial charge < -0.3 is 4.40 Å². The number of pyridine rings is 1. The number of rotatable bonds is 0. The fraction of sp³-hybridized carbons (Fsp3) is 0.111. The minimum atomic E-state index is 1.05. The standard InChI is InChI=1S/C18H14N3/c1-11-6-7-12-4-3-5-14-16(12)15(11)18-17-13(8-9-21(14)17)19-10-20(18)2/h3-10H,1-2H3/q+1. The Hall–Kier alpha value is -2.68. The third-order valence-corrected chi connectivity index (χ3v) is 4.54. The average Bonchev–Trinajstić information content (AvgIpc) is 2.92. The fourth-order valence-corrected chi connectivity index (χ4v) is 3.60. The van der Waals surface area contributed by atoms with E-state index in [1.807, 2.05) is 6.33 Å². The second-order valence-corrected chi connectivity index (χ2v) is 5.76. The normalized spacial score (nSPS) is 12.3. The van der Waals surface area contributed by atoms with Gasteiger partial charge >= 0.3 is 0 Å². The molecule has 5 rings (SSSR count). The lowest BCUT2D eigenvalue weighted by Gasteiger charge is -2.12. The number of benzene rings is 2. The van der Waals surface area contributed by atoms with Crippen molar-refractivity contribution in [3.63, 3.8) is 0 Å². The minimum absolute atomic E-state index is 1.05. The number of nitrogens with zero attached hydrogens (tertiary/aromatic N) is 3. The zero-order valence-corrected chi connectivity index (χ0v) is 12.0. The summed E-state index contributed by atoms with van der Waals surface area (Å²) in [6.07, 6.45) is 4.04. The van der Waals surface area contributed by atoms with Crippen LogP contribution in [0.25, 0.3) is 38.2 Å². The highest BCUT2D eigenvalue weighted by atomic mass is 15.0. The molecule has 2 aromatic carbocycles.